The number of rotatable bonds is 3. The Labute approximate surface area is 307 Å². The molecule has 0 aliphatic carbocycles. The Morgan fingerprint density at radius 2 is 1.11 bits per heavy atom. The number of benzene rings is 8. The van der Waals surface area contributed by atoms with E-state index in [0.29, 0.717) is 17.6 Å². The molecule has 0 bridgehead atoms. The quantitative estimate of drug-likeness (QED) is 0.184. The highest BCUT2D eigenvalue weighted by Crippen LogP contribution is 2.53. The highest BCUT2D eigenvalue weighted by molar-refractivity contribution is 7.26. The third kappa shape index (κ3) is 4.09. The van der Waals surface area contributed by atoms with Gasteiger partial charge in [0, 0.05) is 52.8 Å². The van der Waals surface area contributed by atoms with E-state index in [1.54, 1.807) is 11.3 Å². The Morgan fingerprint density at radius 1 is 0.453 bits per heavy atom. The van der Waals surface area contributed by atoms with E-state index in [4.69, 9.17) is 19.4 Å². The zero-order chi connectivity index (χ0) is 34.6. The molecule has 11 aromatic rings. The lowest BCUT2D eigenvalue weighted by Gasteiger charge is -2.33. The van der Waals surface area contributed by atoms with Crippen LogP contribution in [0.2, 0.25) is 0 Å². The molecule has 0 spiro atoms. The molecule has 1 aliphatic rings. The third-order valence-electron chi connectivity index (χ3n) is 10.7. The van der Waals surface area contributed by atoms with Crippen LogP contribution in [0.3, 0.4) is 0 Å². The zero-order valence-corrected chi connectivity index (χ0v) is 28.9. The van der Waals surface area contributed by atoms with Crippen LogP contribution in [0.5, 0.6) is 0 Å². The minimum absolute atomic E-state index is 0.552. The second kappa shape index (κ2) is 10.8. The van der Waals surface area contributed by atoms with Crippen molar-refractivity contribution in [3.63, 3.8) is 0 Å². The summed E-state index contributed by atoms with van der Waals surface area (Å²) in [6.07, 6.45) is 0. The Balaban J connectivity index is 1.21. The minimum Gasteiger partial charge on any atom is -0.455 e. The van der Waals surface area contributed by atoms with Gasteiger partial charge >= 0.3 is 0 Å². The van der Waals surface area contributed by atoms with E-state index in [-0.39, 0.29) is 0 Å². The van der Waals surface area contributed by atoms with Crippen LogP contribution in [0.25, 0.3) is 97.6 Å². The summed E-state index contributed by atoms with van der Waals surface area (Å²) in [7, 11) is 0. The van der Waals surface area contributed by atoms with Crippen LogP contribution in [0.1, 0.15) is 0 Å². The fraction of sp³-hybridized carbons (Fsp3) is 0. The number of thiophene rings is 1. The molecular weight excluding hydrogens is 669 g/mol. The number of hydrogen-bond donors (Lipinski definition) is 0. The lowest BCUT2D eigenvalue weighted by atomic mass is 9.89. The number of aromatic nitrogens is 3. The predicted octanol–water partition coefficient (Wildman–Crippen LogP) is 13.2. The molecule has 6 heteroatoms. The van der Waals surface area contributed by atoms with Crippen molar-refractivity contribution < 1.29 is 4.42 Å². The molecule has 4 heterocycles. The van der Waals surface area contributed by atoms with Gasteiger partial charge in [-0.25, -0.2) is 4.98 Å². The molecule has 53 heavy (non-hydrogen) atoms. The molecule has 1 aliphatic heterocycles. The van der Waals surface area contributed by atoms with Crippen LogP contribution in [-0.4, -0.2) is 15.0 Å². The van der Waals surface area contributed by atoms with Gasteiger partial charge in [-0.2, -0.15) is 9.97 Å². The lowest BCUT2D eigenvalue weighted by molar-refractivity contribution is 0.669. The molecule has 8 aromatic carbocycles. The normalized spacial score (nSPS) is 12.5. The predicted molar refractivity (Wildman–Crippen MR) is 220 cm³/mol. The van der Waals surface area contributed by atoms with E-state index in [2.05, 4.69) is 144 Å². The summed E-state index contributed by atoms with van der Waals surface area (Å²) < 4.78 is 8.96. The molecule has 0 radical (unpaired) electrons. The third-order valence-corrected chi connectivity index (χ3v) is 11.9. The Morgan fingerprint density at radius 3 is 2.02 bits per heavy atom. The van der Waals surface area contributed by atoms with Crippen molar-refractivity contribution in [3.05, 3.63) is 158 Å². The molecule has 0 saturated carbocycles. The first kappa shape index (κ1) is 28.8. The summed E-state index contributed by atoms with van der Waals surface area (Å²) >= 11 is 1.78. The second-order valence-electron chi connectivity index (χ2n) is 13.5. The SMILES string of the molecule is c1ccc2c3c(ccc2c1)-c1cccc2cccc(c12)N3c1nc(-c2cccc3c2oc2ccccc23)nc(-c2cccc3c2sc2ccccc23)n1. The summed E-state index contributed by atoms with van der Waals surface area (Å²) in [6, 6.07) is 55.5. The molecule has 246 valence electrons. The van der Waals surface area contributed by atoms with Crippen molar-refractivity contribution in [1.29, 1.82) is 0 Å². The van der Waals surface area contributed by atoms with Crippen molar-refractivity contribution in [2.24, 2.45) is 0 Å². The molecule has 0 fully saturated rings. The van der Waals surface area contributed by atoms with E-state index < -0.39 is 0 Å². The highest BCUT2D eigenvalue weighted by Gasteiger charge is 2.31. The van der Waals surface area contributed by atoms with Gasteiger partial charge in [-0.15, -0.1) is 11.3 Å². The van der Waals surface area contributed by atoms with Gasteiger partial charge in [-0.3, -0.25) is 4.90 Å². The second-order valence-corrected chi connectivity index (χ2v) is 14.6. The maximum absolute atomic E-state index is 6.57. The van der Waals surface area contributed by atoms with Gasteiger partial charge in [-0.1, -0.05) is 127 Å². The number of para-hydroxylation sites is 2. The summed E-state index contributed by atoms with van der Waals surface area (Å²) in [6.45, 7) is 0. The highest BCUT2D eigenvalue weighted by atomic mass is 32.1. The number of fused-ring (bicyclic) bond motifs is 10. The zero-order valence-electron chi connectivity index (χ0n) is 28.1. The van der Waals surface area contributed by atoms with Gasteiger partial charge < -0.3 is 4.42 Å². The number of hydrogen-bond acceptors (Lipinski definition) is 6. The average molecular weight is 695 g/mol. The Kier molecular flexibility index (Phi) is 5.87. The fourth-order valence-corrected chi connectivity index (χ4v) is 9.54. The molecule has 0 amide bonds. The van der Waals surface area contributed by atoms with Crippen LogP contribution < -0.4 is 4.90 Å². The topological polar surface area (TPSA) is 55.1 Å². The van der Waals surface area contributed by atoms with Crippen molar-refractivity contribution in [2.45, 2.75) is 0 Å². The number of nitrogens with zero attached hydrogens (tertiary/aromatic N) is 4. The molecule has 0 saturated heterocycles. The van der Waals surface area contributed by atoms with Gasteiger partial charge in [0.2, 0.25) is 5.95 Å². The average Bonchev–Trinajstić information content (AvgIpc) is 3.80. The van der Waals surface area contributed by atoms with Gasteiger partial charge in [-0.05, 0) is 46.7 Å². The van der Waals surface area contributed by atoms with Crippen LogP contribution in [-0.2, 0) is 0 Å². The maximum atomic E-state index is 6.57. The molecular formula is C47H26N4OS. The monoisotopic (exact) mass is 694 g/mol. The van der Waals surface area contributed by atoms with E-state index >= 15 is 0 Å². The Bertz CT molecular complexity index is 3190. The van der Waals surface area contributed by atoms with Crippen molar-refractivity contribution >= 4 is 92.3 Å². The molecule has 0 atom stereocenters. The molecule has 5 nitrogen and oxygen atoms in total. The molecule has 3 aromatic heterocycles. The standard InChI is InChI=1S/C47H26N4OS/c1-2-14-29-27(11-1)25-26-33-32-17-7-12-28-13-8-22-38(41(28)32)51(42(29)33)47-49-45(36-20-9-18-34-30-15-3-5-23-39(30)52-43(34)36)48-46(50-47)37-21-10-19-35-31-16-4-6-24-40(31)53-44(35)37/h1-26H. The smallest absolute Gasteiger partial charge is 0.238 e. The van der Waals surface area contributed by atoms with Crippen molar-refractivity contribution in [2.75, 3.05) is 4.90 Å². The van der Waals surface area contributed by atoms with E-state index in [0.717, 1.165) is 65.5 Å². The maximum Gasteiger partial charge on any atom is 0.238 e. The number of furan rings is 1. The molecule has 0 N–H and O–H groups in total. The fourth-order valence-electron chi connectivity index (χ4n) is 8.33. The summed E-state index contributed by atoms with van der Waals surface area (Å²) in [5.41, 5.74) is 7.81. The number of anilines is 3. The first-order valence-electron chi connectivity index (χ1n) is 17.7. The lowest BCUT2D eigenvalue weighted by Crippen LogP contribution is -2.19. The molecule has 12 rings (SSSR count). The van der Waals surface area contributed by atoms with Crippen LogP contribution in [0.4, 0.5) is 17.3 Å². The summed E-state index contributed by atoms with van der Waals surface area (Å²) in [5.74, 6) is 1.72. The summed E-state index contributed by atoms with van der Waals surface area (Å²) in [5, 5.41) is 9.14. The van der Waals surface area contributed by atoms with E-state index in [1.165, 1.54) is 31.8 Å². The van der Waals surface area contributed by atoms with Crippen molar-refractivity contribution in [3.8, 4) is 33.9 Å². The largest absolute Gasteiger partial charge is 0.455 e. The van der Waals surface area contributed by atoms with E-state index in [9.17, 15) is 0 Å². The first-order valence-corrected chi connectivity index (χ1v) is 18.5. The Hall–Kier alpha value is -6.89. The van der Waals surface area contributed by atoms with Gasteiger partial charge in [0.1, 0.15) is 11.2 Å². The van der Waals surface area contributed by atoms with Gasteiger partial charge in [0.15, 0.2) is 11.6 Å². The van der Waals surface area contributed by atoms with Crippen LogP contribution in [0, 0.1) is 0 Å². The van der Waals surface area contributed by atoms with Crippen molar-refractivity contribution in [1.82, 2.24) is 15.0 Å². The molecule has 0 unspecified atom stereocenters. The van der Waals surface area contributed by atoms with Crippen LogP contribution >= 0.6 is 11.3 Å². The minimum atomic E-state index is 0.552. The van der Waals surface area contributed by atoms with Gasteiger partial charge in [0.05, 0.1) is 16.9 Å². The summed E-state index contributed by atoms with van der Waals surface area (Å²) in [4.78, 5) is 18.4. The van der Waals surface area contributed by atoms with Gasteiger partial charge in [0.25, 0.3) is 0 Å². The van der Waals surface area contributed by atoms with Crippen LogP contribution in [0.15, 0.2) is 162 Å². The first-order chi connectivity index (χ1) is 26.3. The van der Waals surface area contributed by atoms with E-state index in [1.807, 2.05) is 18.2 Å².